The SMILES string of the molecule is COCC(=O)N1CCCN(C(=O)c2ccc(-c3ccnc(C)c3)cc2)CC1. The van der Waals surface area contributed by atoms with E-state index in [4.69, 9.17) is 4.74 Å². The quantitative estimate of drug-likeness (QED) is 0.832. The fourth-order valence-electron chi connectivity index (χ4n) is 3.30. The molecule has 0 spiro atoms. The third-order valence-corrected chi connectivity index (χ3v) is 4.77. The summed E-state index contributed by atoms with van der Waals surface area (Å²) in [7, 11) is 1.52. The molecule has 0 saturated carbocycles. The minimum Gasteiger partial charge on any atom is -0.375 e. The summed E-state index contributed by atoms with van der Waals surface area (Å²) in [5, 5.41) is 0. The van der Waals surface area contributed by atoms with Crippen molar-refractivity contribution in [1.82, 2.24) is 14.8 Å². The van der Waals surface area contributed by atoms with Crippen LogP contribution in [0.15, 0.2) is 42.6 Å². The van der Waals surface area contributed by atoms with Gasteiger partial charge in [-0.05, 0) is 48.7 Å². The molecule has 3 rings (SSSR count). The van der Waals surface area contributed by atoms with Gasteiger partial charge in [-0.15, -0.1) is 0 Å². The summed E-state index contributed by atoms with van der Waals surface area (Å²) in [6, 6.07) is 11.7. The fourth-order valence-corrected chi connectivity index (χ4v) is 3.30. The number of rotatable bonds is 4. The molecule has 0 atom stereocenters. The van der Waals surface area contributed by atoms with E-state index in [0.717, 1.165) is 23.2 Å². The Hall–Kier alpha value is -2.73. The molecule has 1 aromatic carbocycles. The lowest BCUT2D eigenvalue weighted by atomic mass is 10.0. The molecule has 1 aliphatic rings. The Labute approximate surface area is 159 Å². The van der Waals surface area contributed by atoms with E-state index >= 15 is 0 Å². The van der Waals surface area contributed by atoms with Crippen LogP contribution in [0.5, 0.6) is 0 Å². The van der Waals surface area contributed by atoms with Crippen molar-refractivity contribution < 1.29 is 14.3 Å². The van der Waals surface area contributed by atoms with E-state index < -0.39 is 0 Å². The van der Waals surface area contributed by atoms with Crippen LogP contribution in [0.4, 0.5) is 0 Å². The highest BCUT2D eigenvalue weighted by atomic mass is 16.5. The van der Waals surface area contributed by atoms with Crippen molar-refractivity contribution in [1.29, 1.82) is 0 Å². The zero-order valence-electron chi connectivity index (χ0n) is 15.9. The minimum atomic E-state index is -0.0243. The largest absolute Gasteiger partial charge is 0.375 e. The number of amides is 2. The molecule has 6 nitrogen and oxygen atoms in total. The molecule has 0 bridgehead atoms. The zero-order chi connectivity index (χ0) is 19.2. The number of pyridine rings is 1. The van der Waals surface area contributed by atoms with Crippen molar-refractivity contribution in [2.75, 3.05) is 39.9 Å². The second-order valence-corrected chi connectivity index (χ2v) is 6.72. The van der Waals surface area contributed by atoms with Crippen molar-refractivity contribution in [2.24, 2.45) is 0 Å². The number of aryl methyl sites for hydroxylation is 1. The van der Waals surface area contributed by atoms with Gasteiger partial charge in [-0.2, -0.15) is 0 Å². The Kier molecular flexibility index (Phi) is 6.19. The molecule has 0 N–H and O–H groups in total. The van der Waals surface area contributed by atoms with Crippen LogP contribution in [0.25, 0.3) is 11.1 Å². The summed E-state index contributed by atoms with van der Waals surface area (Å²) < 4.78 is 4.92. The van der Waals surface area contributed by atoms with Crippen LogP contribution in [0.2, 0.25) is 0 Å². The van der Waals surface area contributed by atoms with Gasteiger partial charge in [-0.3, -0.25) is 14.6 Å². The third-order valence-electron chi connectivity index (χ3n) is 4.77. The molecular formula is C21H25N3O3. The highest BCUT2D eigenvalue weighted by molar-refractivity contribution is 5.94. The van der Waals surface area contributed by atoms with Gasteiger partial charge in [0.05, 0.1) is 0 Å². The van der Waals surface area contributed by atoms with Crippen molar-refractivity contribution in [3.63, 3.8) is 0 Å². The average molecular weight is 367 g/mol. The summed E-state index contributed by atoms with van der Waals surface area (Å²) in [6.07, 6.45) is 2.56. The molecule has 1 saturated heterocycles. The number of nitrogens with zero attached hydrogens (tertiary/aromatic N) is 3. The Balaban J connectivity index is 1.66. The molecule has 2 amide bonds. The number of benzene rings is 1. The number of methoxy groups -OCH3 is 1. The Morgan fingerprint density at radius 3 is 2.41 bits per heavy atom. The van der Waals surface area contributed by atoms with E-state index in [2.05, 4.69) is 4.98 Å². The summed E-state index contributed by atoms with van der Waals surface area (Å²) in [4.78, 5) is 32.6. The molecule has 6 heteroatoms. The van der Waals surface area contributed by atoms with Gasteiger partial charge in [0.15, 0.2) is 0 Å². The number of ether oxygens (including phenoxy) is 1. The standard InChI is InChI=1S/C21H25N3O3/c1-16-14-19(8-9-22-16)17-4-6-18(7-5-17)21(26)24-11-3-10-23(12-13-24)20(25)15-27-2/h4-9,14H,3,10-13,15H2,1-2H3. The number of hydrogen-bond donors (Lipinski definition) is 0. The van der Waals surface area contributed by atoms with Gasteiger partial charge in [-0.1, -0.05) is 12.1 Å². The second kappa shape index (κ2) is 8.77. The predicted octanol–water partition coefficient (Wildman–Crippen LogP) is 2.38. The van der Waals surface area contributed by atoms with Gasteiger partial charge in [0.1, 0.15) is 6.61 Å². The molecule has 1 fully saturated rings. The number of hydrogen-bond acceptors (Lipinski definition) is 4. The lowest BCUT2D eigenvalue weighted by Crippen LogP contribution is -2.38. The monoisotopic (exact) mass is 367 g/mol. The molecule has 2 aromatic rings. The lowest BCUT2D eigenvalue weighted by Gasteiger charge is -2.22. The highest BCUT2D eigenvalue weighted by Gasteiger charge is 2.22. The predicted molar refractivity (Wildman–Crippen MR) is 103 cm³/mol. The molecule has 1 aromatic heterocycles. The van der Waals surface area contributed by atoms with Crippen LogP contribution in [0.1, 0.15) is 22.5 Å². The van der Waals surface area contributed by atoms with E-state index in [1.165, 1.54) is 7.11 Å². The normalized spacial score (nSPS) is 14.7. The molecule has 0 unspecified atom stereocenters. The maximum atomic E-state index is 12.8. The van der Waals surface area contributed by atoms with Crippen LogP contribution in [-0.4, -0.2) is 66.5 Å². The summed E-state index contributed by atoms with van der Waals surface area (Å²) in [6.45, 7) is 4.44. The molecule has 142 valence electrons. The van der Waals surface area contributed by atoms with Crippen LogP contribution >= 0.6 is 0 Å². The van der Waals surface area contributed by atoms with E-state index in [1.54, 1.807) is 11.1 Å². The average Bonchev–Trinajstić information content (AvgIpc) is 2.94. The first-order valence-corrected chi connectivity index (χ1v) is 9.17. The number of carbonyl (C=O) groups excluding carboxylic acids is 2. The molecule has 1 aliphatic heterocycles. The molecule has 27 heavy (non-hydrogen) atoms. The number of aromatic nitrogens is 1. The van der Waals surface area contributed by atoms with Crippen LogP contribution in [0.3, 0.4) is 0 Å². The van der Waals surface area contributed by atoms with Crippen molar-refractivity contribution in [3.8, 4) is 11.1 Å². The van der Waals surface area contributed by atoms with Crippen LogP contribution in [0, 0.1) is 6.92 Å². The van der Waals surface area contributed by atoms with Gasteiger partial charge in [0.2, 0.25) is 5.91 Å². The van der Waals surface area contributed by atoms with E-state index in [1.807, 2.05) is 48.2 Å². The Morgan fingerprint density at radius 2 is 1.70 bits per heavy atom. The maximum absolute atomic E-state index is 12.8. The zero-order valence-corrected chi connectivity index (χ0v) is 15.9. The van der Waals surface area contributed by atoms with Crippen molar-refractivity contribution >= 4 is 11.8 Å². The minimum absolute atomic E-state index is 0.00787. The van der Waals surface area contributed by atoms with Gasteiger partial charge < -0.3 is 14.5 Å². The lowest BCUT2D eigenvalue weighted by molar-refractivity contribution is -0.135. The van der Waals surface area contributed by atoms with E-state index in [-0.39, 0.29) is 18.4 Å². The molecule has 0 aliphatic carbocycles. The Bertz CT molecular complexity index is 805. The van der Waals surface area contributed by atoms with E-state index in [9.17, 15) is 9.59 Å². The summed E-state index contributed by atoms with van der Waals surface area (Å²) in [5.41, 5.74) is 3.78. The fraction of sp³-hybridized carbons (Fsp3) is 0.381. The van der Waals surface area contributed by atoms with Crippen LogP contribution < -0.4 is 0 Å². The number of carbonyl (C=O) groups is 2. The van der Waals surface area contributed by atoms with Gasteiger partial charge in [0.25, 0.3) is 5.91 Å². The molecule has 0 radical (unpaired) electrons. The highest BCUT2D eigenvalue weighted by Crippen LogP contribution is 2.20. The second-order valence-electron chi connectivity index (χ2n) is 6.72. The third kappa shape index (κ3) is 4.71. The van der Waals surface area contributed by atoms with Crippen molar-refractivity contribution in [2.45, 2.75) is 13.3 Å². The Morgan fingerprint density at radius 1 is 1.00 bits per heavy atom. The molecule has 2 heterocycles. The first kappa shape index (κ1) is 19.0. The maximum Gasteiger partial charge on any atom is 0.253 e. The van der Waals surface area contributed by atoms with Crippen LogP contribution in [-0.2, 0) is 9.53 Å². The summed E-state index contributed by atoms with van der Waals surface area (Å²) in [5.74, 6) is -0.0164. The summed E-state index contributed by atoms with van der Waals surface area (Å²) >= 11 is 0. The first-order chi connectivity index (χ1) is 13.1. The smallest absolute Gasteiger partial charge is 0.253 e. The molecular weight excluding hydrogens is 342 g/mol. The topological polar surface area (TPSA) is 62.7 Å². The van der Waals surface area contributed by atoms with Gasteiger partial charge in [-0.25, -0.2) is 0 Å². The van der Waals surface area contributed by atoms with Gasteiger partial charge in [0, 0.05) is 50.7 Å². The van der Waals surface area contributed by atoms with E-state index in [0.29, 0.717) is 31.7 Å². The van der Waals surface area contributed by atoms with Gasteiger partial charge >= 0.3 is 0 Å². The first-order valence-electron chi connectivity index (χ1n) is 9.17. The van der Waals surface area contributed by atoms with Crippen molar-refractivity contribution in [3.05, 3.63) is 53.9 Å².